The molecule has 0 aliphatic heterocycles. The number of sulfonamides is 1. The van der Waals surface area contributed by atoms with Gasteiger partial charge in [-0.3, -0.25) is 0 Å². The van der Waals surface area contributed by atoms with E-state index in [1.54, 1.807) is 12.1 Å². The third-order valence-electron chi connectivity index (χ3n) is 2.65. The van der Waals surface area contributed by atoms with Crippen molar-refractivity contribution in [3.63, 3.8) is 0 Å². The van der Waals surface area contributed by atoms with Crippen LogP contribution in [0.25, 0.3) is 6.08 Å². The van der Waals surface area contributed by atoms with Gasteiger partial charge >= 0.3 is 0 Å². The summed E-state index contributed by atoms with van der Waals surface area (Å²) in [6, 6.07) is 15.6. The van der Waals surface area contributed by atoms with E-state index in [0.717, 1.165) is 11.1 Å². The fourth-order valence-electron chi connectivity index (χ4n) is 1.57. The first-order valence-corrected chi connectivity index (χ1v) is 7.96. The second-order valence-corrected chi connectivity index (χ2v) is 6.32. The van der Waals surface area contributed by atoms with Gasteiger partial charge < -0.3 is 0 Å². The van der Waals surface area contributed by atoms with Crippen LogP contribution in [0.5, 0.6) is 0 Å². The van der Waals surface area contributed by atoms with Crippen molar-refractivity contribution in [1.82, 2.24) is 0 Å². The lowest BCUT2D eigenvalue weighted by Crippen LogP contribution is -1.95. The molecule has 2 rings (SSSR count). The second kappa shape index (κ2) is 6.65. The number of rotatable bonds is 4. The van der Waals surface area contributed by atoms with Gasteiger partial charge in [-0.25, -0.2) is 0 Å². The maximum Gasteiger partial charge on any atom is 0.299 e. The summed E-state index contributed by atoms with van der Waals surface area (Å²) < 4.78 is 27.3. The van der Waals surface area contributed by atoms with Crippen LogP contribution < -0.4 is 0 Å². The van der Waals surface area contributed by atoms with Crippen molar-refractivity contribution in [3.05, 3.63) is 70.9 Å². The molecule has 0 saturated carbocycles. The fraction of sp³-hybridized carbons (Fsp3) is 0.0667. The van der Waals surface area contributed by atoms with E-state index in [4.69, 9.17) is 11.6 Å². The van der Waals surface area contributed by atoms with E-state index in [2.05, 4.69) is 9.63 Å². The SMILES string of the molecule is Cc1ccc(S(=O)(=O)N=NC(Cl)=Cc2ccccc2)cc1. The Hall–Kier alpha value is -1.98. The van der Waals surface area contributed by atoms with Gasteiger partial charge in [0.1, 0.15) is 0 Å². The molecular formula is C15H13ClN2O2S. The van der Waals surface area contributed by atoms with Crippen LogP contribution in [0.1, 0.15) is 11.1 Å². The molecule has 108 valence electrons. The molecule has 0 fully saturated rings. The molecule has 2 aromatic carbocycles. The van der Waals surface area contributed by atoms with Crippen molar-refractivity contribution >= 4 is 27.7 Å². The number of halogens is 1. The van der Waals surface area contributed by atoms with Crippen molar-refractivity contribution in [3.8, 4) is 0 Å². The third-order valence-corrected chi connectivity index (χ3v) is 4.00. The van der Waals surface area contributed by atoms with Gasteiger partial charge in [0, 0.05) is 0 Å². The molecule has 0 spiro atoms. The molecule has 2 aromatic rings. The van der Waals surface area contributed by atoms with Crippen molar-refractivity contribution in [2.24, 2.45) is 9.63 Å². The first-order valence-electron chi connectivity index (χ1n) is 6.14. The summed E-state index contributed by atoms with van der Waals surface area (Å²) in [4.78, 5) is 0.0843. The van der Waals surface area contributed by atoms with E-state index in [1.807, 2.05) is 37.3 Å². The number of hydrogen-bond donors (Lipinski definition) is 0. The average molecular weight is 321 g/mol. The molecule has 4 nitrogen and oxygen atoms in total. The van der Waals surface area contributed by atoms with Gasteiger partial charge in [-0.15, -0.1) is 5.11 Å². The predicted molar refractivity (Wildman–Crippen MR) is 83.5 cm³/mol. The van der Waals surface area contributed by atoms with Crippen LogP contribution in [0, 0.1) is 6.92 Å². The Morgan fingerprint density at radius 3 is 2.29 bits per heavy atom. The van der Waals surface area contributed by atoms with Crippen LogP contribution >= 0.6 is 11.6 Å². The monoisotopic (exact) mass is 320 g/mol. The topological polar surface area (TPSA) is 58.9 Å². The number of nitrogens with zero attached hydrogens (tertiary/aromatic N) is 2. The minimum atomic E-state index is -3.83. The molecule has 0 aliphatic carbocycles. The number of hydrogen-bond acceptors (Lipinski definition) is 3. The highest BCUT2D eigenvalue weighted by Crippen LogP contribution is 2.17. The summed E-state index contributed by atoms with van der Waals surface area (Å²) >= 11 is 5.87. The Kier molecular flexibility index (Phi) is 4.88. The first kappa shape index (κ1) is 15.4. The van der Waals surface area contributed by atoms with Gasteiger partial charge in [0.2, 0.25) is 0 Å². The molecule has 0 radical (unpaired) electrons. The molecule has 0 aliphatic rings. The number of benzene rings is 2. The van der Waals surface area contributed by atoms with Crippen LogP contribution in [0.3, 0.4) is 0 Å². The van der Waals surface area contributed by atoms with Crippen LogP contribution in [0.2, 0.25) is 0 Å². The lowest BCUT2D eigenvalue weighted by Gasteiger charge is -1.98. The van der Waals surface area contributed by atoms with Gasteiger partial charge in [0.05, 0.1) is 4.90 Å². The molecule has 0 amide bonds. The Bertz CT molecular complexity index is 767. The summed E-state index contributed by atoms with van der Waals surface area (Å²) in [5.41, 5.74) is 1.78. The molecule has 0 saturated heterocycles. The van der Waals surface area contributed by atoms with Crippen LogP contribution in [-0.2, 0) is 10.0 Å². The standard InChI is InChI=1S/C15H13ClN2O2S/c1-12-7-9-14(10-8-12)21(19,20)18-17-15(16)11-13-5-3-2-4-6-13/h2-11H,1H3. The summed E-state index contributed by atoms with van der Waals surface area (Å²) in [6.07, 6.45) is 1.54. The van der Waals surface area contributed by atoms with Crippen LogP contribution in [0.4, 0.5) is 0 Å². The smallest absolute Gasteiger partial charge is 0.198 e. The normalized spacial score (nSPS) is 12.8. The van der Waals surface area contributed by atoms with E-state index >= 15 is 0 Å². The first-order chi connectivity index (χ1) is 9.97. The molecule has 0 heterocycles. The molecule has 0 unspecified atom stereocenters. The maximum absolute atomic E-state index is 12.0. The molecular weight excluding hydrogens is 308 g/mol. The summed E-state index contributed by atoms with van der Waals surface area (Å²) in [5.74, 6) is 0. The van der Waals surface area contributed by atoms with Gasteiger partial charge in [0.25, 0.3) is 10.0 Å². The quantitative estimate of drug-likeness (QED) is 0.620. The summed E-state index contributed by atoms with van der Waals surface area (Å²) in [5, 5.41) is 3.55. The van der Waals surface area contributed by atoms with Crippen LogP contribution in [-0.4, -0.2) is 8.42 Å². The van der Waals surface area contributed by atoms with Crippen molar-refractivity contribution in [2.75, 3.05) is 0 Å². The molecule has 0 N–H and O–H groups in total. The van der Waals surface area contributed by atoms with E-state index in [9.17, 15) is 8.42 Å². The molecule has 21 heavy (non-hydrogen) atoms. The zero-order valence-electron chi connectivity index (χ0n) is 11.3. The molecule has 0 aromatic heterocycles. The van der Waals surface area contributed by atoms with E-state index in [1.165, 1.54) is 18.2 Å². The van der Waals surface area contributed by atoms with Crippen LogP contribution in [0.15, 0.2) is 74.3 Å². The Morgan fingerprint density at radius 2 is 1.67 bits per heavy atom. The lowest BCUT2D eigenvalue weighted by atomic mass is 10.2. The fourth-order valence-corrected chi connectivity index (χ4v) is 2.54. The number of aryl methyl sites for hydroxylation is 1. The highest BCUT2D eigenvalue weighted by molar-refractivity contribution is 7.90. The minimum Gasteiger partial charge on any atom is -0.198 e. The van der Waals surface area contributed by atoms with E-state index in [0.29, 0.717) is 0 Å². The van der Waals surface area contributed by atoms with Gasteiger partial charge in [-0.1, -0.05) is 64.1 Å². The van der Waals surface area contributed by atoms with Gasteiger partial charge in [-0.05, 0) is 30.7 Å². The third kappa shape index (κ3) is 4.51. The molecule has 0 bridgehead atoms. The van der Waals surface area contributed by atoms with Crippen molar-refractivity contribution in [2.45, 2.75) is 11.8 Å². The maximum atomic E-state index is 12.0. The van der Waals surface area contributed by atoms with Crippen molar-refractivity contribution < 1.29 is 8.42 Å². The van der Waals surface area contributed by atoms with E-state index < -0.39 is 10.0 Å². The highest BCUT2D eigenvalue weighted by atomic mass is 35.5. The zero-order chi connectivity index (χ0) is 15.3. The Balaban J connectivity index is 2.20. The Labute approximate surface area is 128 Å². The molecule has 6 heteroatoms. The molecule has 0 atom stereocenters. The van der Waals surface area contributed by atoms with E-state index in [-0.39, 0.29) is 10.1 Å². The lowest BCUT2D eigenvalue weighted by molar-refractivity contribution is 0.595. The predicted octanol–water partition coefficient (Wildman–Crippen LogP) is 4.37. The average Bonchev–Trinajstić information content (AvgIpc) is 2.47. The van der Waals surface area contributed by atoms with Crippen molar-refractivity contribution in [1.29, 1.82) is 0 Å². The Morgan fingerprint density at radius 1 is 1.05 bits per heavy atom. The second-order valence-electron chi connectivity index (χ2n) is 4.35. The van der Waals surface area contributed by atoms with Gasteiger partial charge in [0.15, 0.2) is 5.16 Å². The zero-order valence-corrected chi connectivity index (χ0v) is 12.8. The summed E-state index contributed by atoms with van der Waals surface area (Å²) in [6.45, 7) is 1.87. The highest BCUT2D eigenvalue weighted by Gasteiger charge is 2.12. The summed E-state index contributed by atoms with van der Waals surface area (Å²) in [7, 11) is -3.83. The minimum absolute atomic E-state index is 0.00288. The van der Waals surface area contributed by atoms with Gasteiger partial charge in [-0.2, -0.15) is 8.42 Å². The largest absolute Gasteiger partial charge is 0.299 e.